The minimum absolute atomic E-state index is 0.302. The maximum Gasteiger partial charge on any atom is 0.343 e. The quantitative estimate of drug-likeness (QED) is 0.303. The standard InChI is InChI=1S/C21H16Br2O5/c1-3-26-19-10-13(9-17(23)20(19)27-12(2)24)8-15-11-18(28-21(15)25)14-4-6-16(22)7-5-14/h4-11H,3H2,1-2H3/b15-8+. The lowest BCUT2D eigenvalue weighted by atomic mass is 10.1. The number of ether oxygens (including phenoxy) is 3. The highest BCUT2D eigenvalue weighted by atomic mass is 79.9. The number of hydrogen-bond donors (Lipinski definition) is 0. The summed E-state index contributed by atoms with van der Waals surface area (Å²) >= 11 is 6.78. The van der Waals surface area contributed by atoms with Gasteiger partial charge in [-0.3, -0.25) is 4.79 Å². The van der Waals surface area contributed by atoms with E-state index in [2.05, 4.69) is 31.9 Å². The fraction of sp³-hybridized carbons (Fsp3) is 0.143. The third kappa shape index (κ3) is 4.72. The maximum atomic E-state index is 12.3. The zero-order valence-corrected chi connectivity index (χ0v) is 18.3. The number of rotatable bonds is 5. The Bertz CT molecular complexity index is 991. The Balaban J connectivity index is 1.96. The summed E-state index contributed by atoms with van der Waals surface area (Å²) in [4.78, 5) is 23.6. The van der Waals surface area contributed by atoms with E-state index in [1.54, 1.807) is 24.3 Å². The van der Waals surface area contributed by atoms with Crippen molar-refractivity contribution in [3.8, 4) is 11.5 Å². The van der Waals surface area contributed by atoms with E-state index in [9.17, 15) is 9.59 Å². The van der Waals surface area contributed by atoms with Gasteiger partial charge in [-0.2, -0.15) is 0 Å². The average molecular weight is 508 g/mol. The fourth-order valence-electron chi connectivity index (χ4n) is 2.60. The van der Waals surface area contributed by atoms with Gasteiger partial charge in [0, 0.05) is 17.0 Å². The fourth-order valence-corrected chi connectivity index (χ4v) is 3.41. The van der Waals surface area contributed by atoms with Gasteiger partial charge >= 0.3 is 11.9 Å². The third-order valence-corrected chi connectivity index (χ3v) is 4.87. The van der Waals surface area contributed by atoms with E-state index < -0.39 is 11.9 Å². The van der Waals surface area contributed by atoms with Crippen molar-refractivity contribution in [3.63, 3.8) is 0 Å². The summed E-state index contributed by atoms with van der Waals surface area (Å²) in [6.07, 6.45) is 3.39. The number of esters is 2. The molecule has 0 amide bonds. The Morgan fingerprint density at radius 2 is 1.89 bits per heavy atom. The molecule has 0 saturated heterocycles. The molecule has 0 bridgehead atoms. The molecule has 1 heterocycles. The van der Waals surface area contributed by atoms with Gasteiger partial charge in [0.15, 0.2) is 11.5 Å². The minimum atomic E-state index is -0.450. The largest absolute Gasteiger partial charge is 0.490 e. The van der Waals surface area contributed by atoms with Gasteiger partial charge in [-0.05, 0) is 64.8 Å². The molecule has 0 N–H and O–H groups in total. The Morgan fingerprint density at radius 1 is 1.18 bits per heavy atom. The summed E-state index contributed by atoms with van der Waals surface area (Å²) in [5.41, 5.74) is 1.92. The molecule has 2 aromatic rings. The van der Waals surface area contributed by atoms with Crippen molar-refractivity contribution in [3.05, 3.63) is 68.1 Å². The van der Waals surface area contributed by atoms with Gasteiger partial charge in [0.25, 0.3) is 0 Å². The molecule has 7 heteroatoms. The first-order valence-electron chi connectivity index (χ1n) is 8.43. The van der Waals surface area contributed by atoms with Crippen LogP contribution in [0.4, 0.5) is 0 Å². The lowest BCUT2D eigenvalue weighted by Crippen LogP contribution is -2.05. The van der Waals surface area contributed by atoms with Crippen LogP contribution in [0.3, 0.4) is 0 Å². The average Bonchev–Trinajstić information content (AvgIpc) is 2.99. The van der Waals surface area contributed by atoms with Gasteiger partial charge < -0.3 is 14.2 Å². The number of carbonyl (C=O) groups excluding carboxylic acids is 2. The molecule has 28 heavy (non-hydrogen) atoms. The number of benzene rings is 2. The van der Waals surface area contributed by atoms with Crippen LogP contribution in [0.25, 0.3) is 11.8 Å². The van der Waals surface area contributed by atoms with Crippen molar-refractivity contribution < 1.29 is 23.8 Å². The van der Waals surface area contributed by atoms with E-state index in [1.165, 1.54) is 6.92 Å². The molecule has 2 aromatic carbocycles. The normalized spacial score (nSPS) is 14.6. The SMILES string of the molecule is CCOc1cc(/C=C2\C=C(c3ccc(Br)cc3)OC2=O)cc(Br)c1OC(C)=O. The van der Waals surface area contributed by atoms with Crippen LogP contribution in [0.1, 0.15) is 25.0 Å². The zero-order chi connectivity index (χ0) is 20.3. The van der Waals surface area contributed by atoms with Crippen molar-refractivity contribution >= 4 is 55.6 Å². The van der Waals surface area contributed by atoms with Gasteiger partial charge in [0.2, 0.25) is 0 Å². The first kappa shape index (κ1) is 20.4. The first-order chi connectivity index (χ1) is 13.4. The van der Waals surface area contributed by atoms with Crippen LogP contribution in [-0.2, 0) is 14.3 Å². The van der Waals surface area contributed by atoms with Crippen LogP contribution in [0, 0.1) is 0 Å². The third-order valence-electron chi connectivity index (χ3n) is 3.75. The molecule has 0 fully saturated rings. The summed E-state index contributed by atoms with van der Waals surface area (Å²) in [5, 5.41) is 0. The Labute approximate surface area is 179 Å². The number of carbonyl (C=O) groups is 2. The minimum Gasteiger partial charge on any atom is -0.490 e. The van der Waals surface area contributed by atoms with Crippen LogP contribution < -0.4 is 9.47 Å². The van der Waals surface area contributed by atoms with Crippen LogP contribution >= 0.6 is 31.9 Å². The molecule has 3 rings (SSSR count). The number of hydrogen-bond acceptors (Lipinski definition) is 5. The second kappa shape index (κ2) is 8.75. The van der Waals surface area contributed by atoms with E-state index in [0.717, 1.165) is 10.0 Å². The molecule has 0 aliphatic carbocycles. The molecule has 1 aliphatic heterocycles. The molecule has 1 aliphatic rings. The predicted molar refractivity (Wildman–Crippen MR) is 113 cm³/mol. The van der Waals surface area contributed by atoms with Crippen molar-refractivity contribution in [2.24, 2.45) is 0 Å². The summed E-state index contributed by atoms with van der Waals surface area (Å²) in [6, 6.07) is 10.9. The van der Waals surface area contributed by atoms with E-state index in [0.29, 0.717) is 39.5 Å². The number of halogens is 2. The maximum absolute atomic E-state index is 12.3. The Hall–Kier alpha value is -2.38. The van der Waals surface area contributed by atoms with Crippen molar-refractivity contribution in [1.82, 2.24) is 0 Å². The molecule has 5 nitrogen and oxygen atoms in total. The molecule has 0 aromatic heterocycles. The van der Waals surface area contributed by atoms with E-state index in [1.807, 2.05) is 31.2 Å². The number of cyclic esters (lactones) is 1. The highest BCUT2D eigenvalue weighted by Crippen LogP contribution is 2.38. The van der Waals surface area contributed by atoms with Gasteiger partial charge in [-0.15, -0.1) is 0 Å². The second-order valence-corrected chi connectivity index (χ2v) is 7.63. The monoisotopic (exact) mass is 506 g/mol. The molecular weight excluding hydrogens is 492 g/mol. The van der Waals surface area contributed by atoms with Crippen molar-refractivity contribution in [2.45, 2.75) is 13.8 Å². The van der Waals surface area contributed by atoms with Crippen LogP contribution in [0.5, 0.6) is 11.5 Å². The van der Waals surface area contributed by atoms with Gasteiger partial charge in [0.05, 0.1) is 16.7 Å². The van der Waals surface area contributed by atoms with Crippen molar-refractivity contribution in [1.29, 1.82) is 0 Å². The smallest absolute Gasteiger partial charge is 0.343 e. The summed E-state index contributed by atoms with van der Waals surface area (Å²) in [6.45, 7) is 3.55. The van der Waals surface area contributed by atoms with Crippen LogP contribution in [-0.4, -0.2) is 18.5 Å². The van der Waals surface area contributed by atoms with E-state index >= 15 is 0 Å². The predicted octanol–water partition coefficient (Wildman–Crippen LogP) is 5.52. The molecule has 0 spiro atoms. The van der Waals surface area contributed by atoms with E-state index in [4.69, 9.17) is 14.2 Å². The van der Waals surface area contributed by atoms with E-state index in [-0.39, 0.29) is 0 Å². The first-order valence-corrected chi connectivity index (χ1v) is 10.0. The second-order valence-electron chi connectivity index (χ2n) is 5.86. The van der Waals surface area contributed by atoms with Crippen molar-refractivity contribution in [2.75, 3.05) is 6.61 Å². The lowest BCUT2D eigenvalue weighted by molar-refractivity contribution is -0.132. The highest BCUT2D eigenvalue weighted by molar-refractivity contribution is 9.10. The Kier molecular flexibility index (Phi) is 6.36. The van der Waals surface area contributed by atoms with Gasteiger partial charge in [-0.25, -0.2) is 4.79 Å². The van der Waals surface area contributed by atoms with Crippen LogP contribution in [0.2, 0.25) is 0 Å². The molecule has 0 radical (unpaired) electrons. The highest BCUT2D eigenvalue weighted by Gasteiger charge is 2.22. The zero-order valence-electron chi connectivity index (χ0n) is 15.1. The molecule has 144 valence electrons. The topological polar surface area (TPSA) is 61.8 Å². The summed E-state index contributed by atoms with van der Waals surface area (Å²) in [7, 11) is 0. The lowest BCUT2D eigenvalue weighted by Gasteiger charge is -2.12. The summed E-state index contributed by atoms with van der Waals surface area (Å²) < 4.78 is 17.7. The molecule has 0 atom stereocenters. The molecule has 0 unspecified atom stereocenters. The molecule has 0 saturated carbocycles. The van der Waals surface area contributed by atoms with Gasteiger partial charge in [-0.1, -0.05) is 28.1 Å². The Morgan fingerprint density at radius 3 is 2.54 bits per heavy atom. The molecular formula is C21H16Br2O5. The van der Waals surface area contributed by atoms with Gasteiger partial charge in [0.1, 0.15) is 5.76 Å². The summed E-state index contributed by atoms with van der Waals surface area (Å²) in [5.74, 6) is 0.314. The van der Waals surface area contributed by atoms with Crippen LogP contribution in [0.15, 0.2) is 57.0 Å².